The summed E-state index contributed by atoms with van der Waals surface area (Å²) in [5.74, 6) is -1.02. The van der Waals surface area contributed by atoms with E-state index in [4.69, 9.17) is 21.1 Å². The lowest BCUT2D eigenvalue weighted by atomic mass is 9.94. The van der Waals surface area contributed by atoms with Crippen LogP contribution in [0, 0.1) is 13.8 Å². The third-order valence-electron chi connectivity index (χ3n) is 6.07. The fourth-order valence-corrected chi connectivity index (χ4v) is 4.32. The van der Waals surface area contributed by atoms with Crippen molar-refractivity contribution >= 4 is 34.7 Å². The average Bonchev–Trinajstić information content (AvgIpc) is 3.10. The number of benzene rings is 3. The first-order chi connectivity index (χ1) is 16.3. The number of aliphatic hydroxyl groups is 1. The Balaban J connectivity index is 2.00. The molecule has 3 aromatic rings. The second-order valence-electron chi connectivity index (χ2n) is 8.03. The van der Waals surface area contributed by atoms with Crippen LogP contribution in [0.1, 0.15) is 28.3 Å². The van der Waals surface area contributed by atoms with E-state index >= 15 is 0 Å². The van der Waals surface area contributed by atoms with Crippen LogP contribution in [0.25, 0.3) is 5.76 Å². The van der Waals surface area contributed by atoms with E-state index in [0.29, 0.717) is 33.3 Å². The number of ether oxygens (including phenoxy) is 2. The van der Waals surface area contributed by atoms with Gasteiger partial charge in [-0.3, -0.25) is 14.5 Å². The molecule has 1 N–H and O–H groups in total. The van der Waals surface area contributed by atoms with Crippen LogP contribution >= 0.6 is 11.6 Å². The van der Waals surface area contributed by atoms with E-state index in [1.807, 2.05) is 26.0 Å². The van der Waals surface area contributed by atoms with Gasteiger partial charge in [-0.2, -0.15) is 0 Å². The number of carbonyl (C=O) groups is 2. The van der Waals surface area contributed by atoms with Crippen molar-refractivity contribution in [2.24, 2.45) is 0 Å². The van der Waals surface area contributed by atoms with Gasteiger partial charge in [0.15, 0.2) is 0 Å². The maximum absolute atomic E-state index is 13.4. The molecular formula is C27H24ClNO5. The van der Waals surface area contributed by atoms with Crippen molar-refractivity contribution < 1.29 is 24.2 Å². The van der Waals surface area contributed by atoms with E-state index in [9.17, 15) is 14.7 Å². The zero-order valence-corrected chi connectivity index (χ0v) is 20.0. The number of halogens is 1. The Labute approximate surface area is 203 Å². The first kappa shape index (κ1) is 23.4. The monoisotopic (exact) mass is 477 g/mol. The van der Waals surface area contributed by atoms with Crippen molar-refractivity contribution in [3.05, 3.63) is 93.5 Å². The Hall–Kier alpha value is -3.77. The average molecular weight is 478 g/mol. The molecule has 0 bridgehead atoms. The van der Waals surface area contributed by atoms with Crippen LogP contribution in [-0.2, 0) is 9.59 Å². The first-order valence-electron chi connectivity index (χ1n) is 10.6. The number of methoxy groups -OCH3 is 2. The molecule has 1 fully saturated rings. The molecule has 6 nitrogen and oxygen atoms in total. The molecule has 1 saturated heterocycles. The van der Waals surface area contributed by atoms with Gasteiger partial charge >= 0.3 is 0 Å². The van der Waals surface area contributed by atoms with Crippen LogP contribution in [-0.4, -0.2) is 31.0 Å². The lowest BCUT2D eigenvalue weighted by molar-refractivity contribution is -0.132. The predicted octanol–water partition coefficient (Wildman–Crippen LogP) is 5.60. The molecule has 3 aromatic carbocycles. The highest BCUT2D eigenvalue weighted by Gasteiger charge is 2.48. The van der Waals surface area contributed by atoms with E-state index in [1.165, 1.54) is 25.2 Å². The maximum Gasteiger partial charge on any atom is 0.300 e. The number of hydrogen-bond donors (Lipinski definition) is 1. The Morgan fingerprint density at radius 1 is 0.912 bits per heavy atom. The number of ketones is 1. The summed E-state index contributed by atoms with van der Waals surface area (Å²) in [5.41, 5.74) is 3.41. The lowest BCUT2D eigenvalue weighted by Gasteiger charge is -2.27. The molecular weight excluding hydrogens is 454 g/mol. The van der Waals surface area contributed by atoms with Crippen LogP contribution in [0.2, 0.25) is 5.02 Å². The summed E-state index contributed by atoms with van der Waals surface area (Å²) in [5, 5.41) is 11.7. The Kier molecular flexibility index (Phi) is 6.35. The highest BCUT2D eigenvalue weighted by Crippen LogP contribution is 2.45. The number of aryl methyl sites for hydroxylation is 2. The van der Waals surface area contributed by atoms with Gasteiger partial charge in [0.05, 0.1) is 30.9 Å². The molecule has 1 aliphatic rings. The summed E-state index contributed by atoms with van der Waals surface area (Å²) in [6, 6.07) is 16.4. The van der Waals surface area contributed by atoms with Gasteiger partial charge in [-0.1, -0.05) is 35.9 Å². The van der Waals surface area contributed by atoms with Gasteiger partial charge in [0, 0.05) is 16.8 Å². The van der Waals surface area contributed by atoms with E-state index in [0.717, 1.165) is 11.1 Å². The second-order valence-corrected chi connectivity index (χ2v) is 8.44. The van der Waals surface area contributed by atoms with Crippen molar-refractivity contribution in [3.8, 4) is 11.5 Å². The number of para-hydroxylation sites is 1. The zero-order chi connectivity index (χ0) is 24.6. The first-order valence-corrected chi connectivity index (χ1v) is 11.0. The van der Waals surface area contributed by atoms with Crippen LogP contribution in [0.3, 0.4) is 0 Å². The molecule has 0 spiro atoms. The van der Waals surface area contributed by atoms with Crippen LogP contribution in [0.15, 0.2) is 66.2 Å². The van der Waals surface area contributed by atoms with Crippen LogP contribution in [0.4, 0.5) is 5.69 Å². The highest BCUT2D eigenvalue weighted by atomic mass is 35.5. The van der Waals surface area contributed by atoms with Crippen molar-refractivity contribution in [1.82, 2.24) is 0 Å². The molecule has 7 heteroatoms. The van der Waals surface area contributed by atoms with E-state index in [-0.39, 0.29) is 11.3 Å². The minimum absolute atomic E-state index is 0.0443. The fraction of sp³-hybridized carbons (Fsp3) is 0.185. The molecule has 174 valence electrons. The number of hydrogen-bond acceptors (Lipinski definition) is 5. The van der Waals surface area contributed by atoms with Crippen molar-refractivity contribution in [1.29, 1.82) is 0 Å². The highest BCUT2D eigenvalue weighted by molar-refractivity contribution is 6.51. The molecule has 0 radical (unpaired) electrons. The molecule has 34 heavy (non-hydrogen) atoms. The topological polar surface area (TPSA) is 76.1 Å². The number of rotatable bonds is 5. The van der Waals surface area contributed by atoms with Crippen LogP contribution < -0.4 is 14.4 Å². The molecule has 0 aliphatic carbocycles. The van der Waals surface area contributed by atoms with Gasteiger partial charge in [0.2, 0.25) is 0 Å². The molecule has 1 heterocycles. The summed E-state index contributed by atoms with van der Waals surface area (Å²) < 4.78 is 10.8. The molecule has 1 atom stereocenters. The van der Waals surface area contributed by atoms with E-state index in [2.05, 4.69) is 0 Å². The third kappa shape index (κ3) is 3.90. The van der Waals surface area contributed by atoms with Gasteiger partial charge in [-0.25, -0.2) is 0 Å². The Morgan fingerprint density at radius 3 is 2.29 bits per heavy atom. The maximum atomic E-state index is 13.4. The van der Waals surface area contributed by atoms with Gasteiger partial charge in [-0.05, 0) is 61.4 Å². The van der Waals surface area contributed by atoms with Gasteiger partial charge in [0.1, 0.15) is 17.3 Å². The molecule has 1 amide bonds. The minimum atomic E-state index is -0.903. The summed E-state index contributed by atoms with van der Waals surface area (Å²) in [7, 11) is 2.98. The van der Waals surface area contributed by atoms with Gasteiger partial charge in [-0.15, -0.1) is 0 Å². The summed E-state index contributed by atoms with van der Waals surface area (Å²) >= 11 is 6.14. The summed E-state index contributed by atoms with van der Waals surface area (Å²) in [4.78, 5) is 28.1. The van der Waals surface area contributed by atoms with Gasteiger partial charge < -0.3 is 14.6 Å². The molecule has 1 unspecified atom stereocenters. The zero-order valence-electron chi connectivity index (χ0n) is 19.3. The van der Waals surface area contributed by atoms with Crippen molar-refractivity contribution in [3.63, 3.8) is 0 Å². The number of carbonyl (C=O) groups excluding carboxylic acids is 2. The SMILES string of the molecule is COc1cc(/C(O)=C2\C(=O)C(=O)N(c3ccc(C)c(C)c3)C2c2ccccc2OC)ccc1Cl. The van der Waals surface area contributed by atoms with E-state index < -0.39 is 17.7 Å². The quantitative estimate of drug-likeness (QED) is 0.294. The van der Waals surface area contributed by atoms with Crippen molar-refractivity contribution in [2.45, 2.75) is 19.9 Å². The standard InChI is InChI=1S/C27H24ClNO5/c1-15-9-11-18(13-16(15)2)29-24(19-7-5-6-8-21(19)33-3)23(26(31)27(29)32)25(30)17-10-12-20(28)22(14-17)34-4/h5-14,24,30H,1-4H3/b25-23+. The number of Topliss-reactive ketones (excluding diaryl/α,β-unsaturated/α-hetero) is 1. The molecule has 0 saturated carbocycles. The molecule has 4 rings (SSSR count). The predicted molar refractivity (Wildman–Crippen MR) is 132 cm³/mol. The third-order valence-corrected chi connectivity index (χ3v) is 6.38. The lowest BCUT2D eigenvalue weighted by Crippen LogP contribution is -2.29. The van der Waals surface area contributed by atoms with Crippen LogP contribution in [0.5, 0.6) is 11.5 Å². The smallest absolute Gasteiger partial charge is 0.300 e. The van der Waals surface area contributed by atoms with Crippen molar-refractivity contribution in [2.75, 3.05) is 19.1 Å². The molecule has 1 aliphatic heterocycles. The molecule has 0 aromatic heterocycles. The number of nitrogens with zero attached hydrogens (tertiary/aromatic N) is 1. The number of amides is 1. The van der Waals surface area contributed by atoms with Gasteiger partial charge in [0.25, 0.3) is 11.7 Å². The Morgan fingerprint density at radius 2 is 1.62 bits per heavy atom. The largest absolute Gasteiger partial charge is 0.507 e. The number of aliphatic hydroxyl groups excluding tert-OH is 1. The van der Waals surface area contributed by atoms with E-state index in [1.54, 1.807) is 42.5 Å². The fourth-order valence-electron chi connectivity index (χ4n) is 4.12. The Bertz CT molecular complexity index is 1330. The summed E-state index contributed by atoms with van der Waals surface area (Å²) in [6.07, 6.45) is 0. The minimum Gasteiger partial charge on any atom is -0.507 e. The normalized spacial score (nSPS) is 17.2. The second kappa shape index (κ2) is 9.23. The summed E-state index contributed by atoms with van der Waals surface area (Å²) in [6.45, 7) is 3.91. The number of anilines is 1.